The first-order chi connectivity index (χ1) is 14.3. The van der Waals surface area contributed by atoms with Crippen LogP contribution in [0.1, 0.15) is 17.5 Å². The molecule has 1 aromatic heterocycles. The van der Waals surface area contributed by atoms with Gasteiger partial charge >= 0.3 is 0 Å². The van der Waals surface area contributed by atoms with E-state index in [-0.39, 0.29) is 0 Å². The van der Waals surface area contributed by atoms with E-state index in [1.807, 2.05) is 12.3 Å². The van der Waals surface area contributed by atoms with Gasteiger partial charge in [-0.3, -0.25) is 4.90 Å². The van der Waals surface area contributed by atoms with Crippen LogP contribution in [-0.4, -0.2) is 50.8 Å². The van der Waals surface area contributed by atoms with E-state index in [0.717, 1.165) is 62.6 Å². The molecule has 2 aliphatic rings. The van der Waals surface area contributed by atoms with Gasteiger partial charge in [0.05, 0.1) is 12.0 Å². The zero-order chi connectivity index (χ0) is 19.6. The molecule has 0 aliphatic carbocycles. The summed E-state index contributed by atoms with van der Waals surface area (Å²) in [4.78, 5) is 5.00. The molecular formula is C24H28N2O3. The predicted octanol–water partition coefficient (Wildman–Crippen LogP) is 4.27. The second-order valence-electron chi connectivity index (χ2n) is 7.94. The van der Waals surface area contributed by atoms with Crippen LogP contribution in [0, 0.1) is 6.92 Å². The number of ether oxygens (including phenoxy) is 2. The minimum absolute atomic E-state index is 0.631. The fraction of sp³-hybridized carbons (Fsp3) is 0.417. The number of fused-ring (bicyclic) bond motifs is 2. The van der Waals surface area contributed by atoms with Crippen LogP contribution >= 0.6 is 0 Å². The van der Waals surface area contributed by atoms with Crippen LogP contribution < -0.4 is 14.4 Å². The van der Waals surface area contributed by atoms with Gasteiger partial charge in [0.2, 0.25) is 0 Å². The van der Waals surface area contributed by atoms with Crippen molar-refractivity contribution in [2.24, 2.45) is 0 Å². The van der Waals surface area contributed by atoms with Crippen LogP contribution in [0.5, 0.6) is 11.5 Å². The summed E-state index contributed by atoms with van der Waals surface area (Å²) in [7, 11) is 0. The minimum Gasteiger partial charge on any atom is -0.486 e. The van der Waals surface area contributed by atoms with E-state index in [0.29, 0.717) is 13.2 Å². The van der Waals surface area contributed by atoms with Crippen LogP contribution in [0.15, 0.2) is 47.1 Å². The average Bonchev–Trinajstić information content (AvgIpc) is 3.18. The maximum absolute atomic E-state index is 5.90. The van der Waals surface area contributed by atoms with E-state index < -0.39 is 0 Å². The lowest BCUT2D eigenvalue weighted by Crippen LogP contribution is -2.46. The molecule has 0 amide bonds. The first kappa shape index (κ1) is 18.4. The zero-order valence-corrected chi connectivity index (χ0v) is 17.0. The highest BCUT2D eigenvalue weighted by molar-refractivity contribution is 5.84. The largest absolute Gasteiger partial charge is 0.486 e. The quantitative estimate of drug-likeness (QED) is 0.648. The molecule has 0 spiro atoms. The van der Waals surface area contributed by atoms with Crippen molar-refractivity contribution in [1.82, 2.24) is 4.90 Å². The third kappa shape index (κ3) is 3.67. The highest BCUT2D eigenvalue weighted by atomic mass is 16.6. The normalized spacial score (nSPS) is 17.1. The molecule has 5 rings (SSSR count). The van der Waals surface area contributed by atoms with Crippen LogP contribution in [0.4, 0.5) is 5.69 Å². The lowest BCUT2D eigenvalue weighted by molar-refractivity contribution is 0.171. The van der Waals surface area contributed by atoms with Gasteiger partial charge in [0.25, 0.3) is 0 Å². The number of hydrogen-bond donors (Lipinski definition) is 0. The molecule has 0 unspecified atom stereocenters. The van der Waals surface area contributed by atoms with Gasteiger partial charge in [-0.1, -0.05) is 18.2 Å². The molecule has 1 saturated heterocycles. The Morgan fingerprint density at radius 2 is 1.76 bits per heavy atom. The highest BCUT2D eigenvalue weighted by Crippen LogP contribution is 2.39. The number of piperazine rings is 1. The molecule has 5 nitrogen and oxygen atoms in total. The summed E-state index contributed by atoms with van der Waals surface area (Å²) in [6, 6.07) is 12.5. The standard InChI is InChI=1S/C24H28N2O3/c1-18-5-2-8-21-23(18)19(17-29-21)6-4-10-25-11-13-26(14-12-25)20-7-3-9-22-24(20)28-16-15-27-22/h2-3,5,7-9,17H,4,6,10-16H2,1H3. The molecule has 3 aromatic rings. The predicted molar refractivity (Wildman–Crippen MR) is 115 cm³/mol. The SMILES string of the molecule is Cc1cccc2occ(CCCN3CCN(c4cccc5c4OCCO5)CC3)c12. The van der Waals surface area contributed by atoms with E-state index in [1.165, 1.54) is 22.2 Å². The van der Waals surface area contributed by atoms with Crippen molar-refractivity contribution >= 4 is 16.7 Å². The lowest BCUT2D eigenvalue weighted by Gasteiger charge is -2.37. The summed E-state index contributed by atoms with van der Waals surface area (Å²) in [6.07, 6.45) is 4.16. The molecular weight excluding hydrogens is 364 g/mol. The summed E-state index contributed by atoms with van der Waals surface area (Å²) in [5.41, 5.74) is 4.82. The first-order valence-electron chi connectivity index (χ1n) is 10.6. The van der Waals surface area contributed by atoms with Crippen molar-refractivity contribution in [2.45, 2.75) is 19.8 Å². The third-order valence-corrected chi connectivity index (χ3v) is 6.06. The zero-order valence-electron chi connectivity index (χ0n) is 17.0. The van der Waals surface area contributed by atoms with Crippen LogP contribution in [0.25, 0.3) is 11.0 Å². The fourth-order valence-corrected chi connectivity index (χ4v) is 4.54. The molecule has 0 N–H and O–H groups in total. The number of aryl methyl sites for hydroxylation is 2. The Kier molecular flexibility index (Phi) is 5.06. The molecule has 3 heterocycles. The summed E-state index contributed by atoms with van der Waals surface area (Å²) < 4.78 is 17.4. The Bertz CT molecular complexity index is 989. The number of nitrogens with zero attached hydrogens (tertiary/aromatic N) is 2. The van der Waals surface area contributed by atoms with Crippen molar-refractivity contribution in [3.05, 3.63) is 53.8 Å². The van der Waals surface area contributed by atoms with Gasteiger partial charge in [-0.25, -0.2) is 0 Å². The average molecular weight is 392 g/mol. The minimum atomic E-state index is 0.631. The molecule has 1 fully saturated rings. The van der Waals surface area contributed by atoms with Crippen molar-refractivity contribution < 1.29 is 13.9 Å². The maximum Gasteiger partial charge on any atom is 0.184 e. The van der Waals surface area contributed by atoms with Crippen molar-refractivity contribution in [3.8, 4) is 11.5 Å². The van der Waals surface area contributed by atoms with Gasteiger partial charge in [-0.2, -0.15) is 0 Å². The van der Waals surface area contributed by atoms with Crippen molar-refractivity contribution in [2.75, 3.05) is 50.8 Å². The van der Waals surface area contributed by atoms with Crippen molar-refractivity contribution in [3.63, 3.8) is 0 Å². The maximum atomic E-state index is 5.90. The van der Waals surface area contributed by atoms with E-state index in [2.05, 4.69) is 47.1 Å². The van der Waals surface area contributed by atoms with Crippen LogP contribution in [-0.2, 0) is 6.42 Å². The topological polar surface area (TPSA) is 38.1 Å². The van der Waals surface area contributed by atoms with Crippen LogP contribution in [0.3, 0.4) is 0 Å². The molecule has 152 valence electrons. The molecule has 0 bridgehead atoms. The van der Waals surface area contributed by atoms with Gasteiger partial charge in [0.15, 0.2) is 11.5 Å². The number of rotatable bonds is 5. The van der Waals surface area contributed by atoms with Gasteiger partial charge in [0.1, 0.15) is 18.8 Å². The highest BCUT2D eigenvalue weighted by Gasteiger charge is 2.23. The number of para-hydroxylation sites is 1. The summed E-state index contributed by atoms with van der Waals surface area (Å²) >= 11 is 0. The molecule has 2 aliphatic heterocycles. The first-order valence-corrected chi connectivity index (χ1v) is 10.6. The molecule has 0 saturated carbocycles. The Morgan fingerprint density at radius 1 is 0.931 bits per heavy atom. The Hall–Kier alpha value is -2.66. The molecule has 5 heteroatoms. The smallest absolute Gasteiger partial charge is 0.184 e. The Morgan fingerprint density at radius 3 is 2.66 bits per heavy atom. The van der Waals surface area contributed by atoms with E-state index in [4.69, 9.17) is 13.9 Å². The van der Waals surface area contributed by atoms with Gasteiger partial charge in [0, 0.05) is 31.6 Å². The molecule has 0 atom stereocenters. The second-order valence-corrected chi connectivity index (χ2v) is 7.94. The van der Waals surface area contributed by atoms with E-state index >= 15 is 0 Å². The fourth-order valence-electron chi connectivity index (χ4n) is 4.54. The monoisotopic (exact) mass is 392 g/mol. The number of furan rings is 1. The lowest BCUT2D eigenvalue weighted by atomic mass is 10.0. The summed E-state index contributed by atoms with van der Waals surface area (Å²) in [6.45, 7) is 8.75. The van der Waals surface area contributed by atoms with E-state index in [9.17, 15) is 0 Å². The molecule has 0 radical (unpaired) electrons. The summed E-state index contributed by atoms with van der Waals surface area (Å²) in [5, 5.41) is 1.30. The van der Waals surface area contributed by atoms with Gasteiger partial charge in [-0.15, -0.1) is 0 Å². The third-order valence-electron chi connectivity index (χ3n) is 6.06. The van der Waals surface area contributed by atoms with Gasteiger partial charge < -0.3 is 18.8 Å². The second kappa shape index (κ2) is 7.99. The van der Waals surface area contributed by atoms with Crippen molar-refractivity contribution in [1.29, 1.82) is 0 Å². The number of hydrogen-bond acceptors (Lipinski definition) is 5. The van der Waals surface area contributed by atoms with Crippen LogP contribution in [0.2, 0.25) is 0 Å². The number of anilines is 1. The number of benzene rings is 2. The molecule has 2 aromatic carbocycles. The van der Waals surface area contributed by atoms with E-state index in [1.54, 1.807) is 0 Å². The summed E-state index contributed by atoms with van der Waals surface area (Å²) in [5.74, 6) is 1.79. The Labute approximate surface area is 171 Å². The van der Waals surface area contributed by atoms with Gasteiger partial charge in [-0.05, 0) is 55.6 Å². The molecule has 29 heavy (non-hydrogen) atoms. The Balaban J connectivity index is 1.16.